The Morgan fingerprint density at radius 1 is 1.15 bits per heavy atom. The molecule has 34 heavy (non-hydrogen) atoms. The topological polar surface area (TPSA) is 114 Å². The number of carbonyl (C=O) groups excluding carboxylic acids is 2. The number of hydrogen-bond donors (Lipinski definition) is 2. The van der Waals surface area contributed by atoms with Gasteiger partial charge in [-0.1, -0.05) is 0 Å². The summed E-state index contributed by atoms with van der Waals surface area (Å²) in [6.07, 6.45) is 6.59. The first-order chi connectivity index (χ1) is 16.2. The minimum absolute atomic E-state index is 0.00825. The van der Waals surface area contributed by atoms with Crippen LogP contribution in [0, 0.1) is 0 Å². The molecule has 1 saturated heterocycles. The number of nitrogens with one attached hydrogen (secondary N) is 2. The van der Waals surface area contributed by atoms with Crippen LogP contribution < -0.4 is 10.6 Å². The minimum Gasteiger partial charge on any atom is -0.446 e. The van der Waals surface area contributed by atoms with Gasteiger partial charge in [0.05, 0.1) is 11.8 Å². The zero-order valence-corrected chi connectivity index (χ0v) is 20.4. The first-order valence-corrected chi connectivity index (χ1v) is 12.5. The van der Waals surface area contributed by atoms with Crippen LogP contribution in [0.25, 0.3) is 16.2 Å². The first-order valence-electron chi connectivity index (χ1n) is 11.6. The Morgan fingerprint density at radius 3 is 2.62 bits per heavy atom. The van der Waals surface area contributed by atoms with Gasteiger partial charge in [0.2, 0.25) is 0 Å². The molecule has 3 aromatic rings. The standard InChI is InChI=1S/C23H29N7O3S/c1-23(2,3)28-18-12-17(26-19(27-18)16-13-24-30-10-11-34-21(16)30)20(31)29-8-6-14(7-9-29)25-22(32)33-15-4-5-15/h10-15H,4-9H2,1-3H3,(H,25,32)(H,26,27,28). The molecule has 11 heteroatoms. The van der Waals surface area contributed by atoms with Crippen LogP contribution in [-0.2, 0) is 4.74 Å². The van der Waals surface area contributed by atoms with Crippen LogP contribution in [0.3, 0.4) is 0 Å². The number of carbonyl (C=O) groups is 2. The highest BCUT2D eigenvalue weighted by Crippen LogP contribution is 2.28. The molecule has 0 atom stereocenters. The molecular weight excluding hydrogens is 454 g/mol. The van der Waals surface area contributed by atoms with Crippen LogP contribution in [0.4, 0.5) is 10.6 Å². The van der Waals surface area contributed by atoms with E-state index in [2.05, 4.69) is 20.7 Å². The predicted octanol–water partition coefficient (Wildman–Crippen LogP) is 3.56. The monoisotopic (exact) mass is 483 g/mol. The third kappa shape index (κ3) is 5.14. The molecule has 2 N–H and O–H groups in total. The molecule has 1 saturated carbocycles. The molecular formula is C23H29N7O3S. The number of alkyl carbamates (subject to hydrolysis) is 1. The summed E-state index contributed by atoms with van der Waals surface area (Å²) in [7, 11) is 0. The minimum atomic E-state index is -0.355. The lowest BCUT2D eigenvalue weighted by molar-refractivity contribution is 0.0695. The molecule has 1 aliphatic heterocycles. The SMILES string of the molecule is CC(C)(C)Nc1cc(C(=O)N2CCC(NC(=O)OC3CC3)CC2)nc(-c2cnn3ccsc23)n1. The Morgan fingerprint density at radius 2 is 1.91 bits per heavy atom. The van der Waals surface area contributed by atoms with Crippen LogP contribution in [0.1, 0.15) is 56.9 Å². The molecule has 1 aliphatic carbocycles. The number of rotatable bonds is 5. The number of nitrogens with zero attached hydrogens (tertiary/aromatic N) is 5. The van der Waals surface area contributed by atoms with E-state index < -0.39 is 0 Å². The summed E-state index contributed by atoms with van der Waals surface area (Å²) < 4.78 is 7.05. The van der Waals surface area contributed by atoms with Gasteiger partial charge in [0.15, 0.2) is 5.82 Å². The number of aromatic nitrogens is 4. The van der Waals surface area contributed by atoms with Crippen molar-refractivity contribution >= 4 is 34.0 Å². The van der Waals surface area contributed by atoms with E-state index in [4.69, 9.17) is 9.72 Å². The van der Waals surface area contributed by atoms with Crippen molar-refractivity contribution in [3.63, 3.8) is 0 Å². The highest BCUT2D eigenvalue weighted by atomic mass is 32.1. The lowest BCUT2D eigenvalue weighted by Gasteiger charge is -2.32. The van der Waals surface area contributed by atoms with Gasteiger partial charge >= 0.3 is 6.09 Å². The molecule has 2 aliphatic rings. The zero-order valence-electron chi connectivity index (χ0n) is 19.6. The van der Waals surface area contributed by atoms with E-state index in [1.54, 1.807) is 33.0 Å². The van der Waals surface area contributed by atoms with Crippen LogP contribution >= 0.6 is 11.3 Å². The molecule has 2 fully saturated rings. The summed E-state index contributed by atoms with van der Waals surface area (Å²) in [5, 5.41) is 12.6. The van der Waals surface area contributed by atoms with Gasteiger partial charge in [-0.3, -0.25) is 4.79 Å². The number of piperidine rings is 1. The summed E-state index contributed by atoms with van der Waals surface area (Å²) >= 11 is 1.55. The van der Waals surface area contributed by atoms with Gasteiger partial charge in [-0.2, -0.15) is 5.10 Å². The summed E-state index contributed by atoms with van der Waals surface area (Å²) in [6.45, 7) is 7.20. The van der Waals surface area contributed by atoms with E-state index in [-0.39, 0.29) is 29.7 Å². The fourth-order valence-electron chi connectivity index (χ4n) is 3.93. The van der Waals surface area contributed by atoms with E-state index in [1.165, 1.54) is 0 Å². The number of anilines is 1. The van der Waals surface area contributed by atoms with Crippen molar-refractivity contribution in [2.75, 3.05) is 18.4 Å². The maximum atomic E-state index is 13.4. The van der Waals surface area contributed by atoms with Gasteiger partial charge in [-0.25, -0.2) is 19.3 Å². The fraction of sp³-hybridized carbons (Fsp3) is 0.522. The average molecular weight is 484 g/mol. The predicted molar refractivity (Wildman–Crippen MR) is 129 cm³/mol. The average Bonchev–Trinajstić information content (AvgIpc) is 3.30. The van der Waals surface area contributed by atoms with Crippen molar-refractivity contribution in [2.24, 2.45) is 0 Å². The summed E-state index contributed by atoms with van der Waals surface area (Å²) in [5.41, 5.74) is 0.897. The van der Waals surface area contributed by atoms with Crippen molar-refractivity contribution in [1.82, 2.24) is 29.8 Å². The van der Waals surface area contributed by atoms with Crippen LogP contribution in [0.2, 0.25) is 0 Å². The second-order valence-electron chi connectivity index (χ2n) is 9.86. The third-order valence-electron chi connectivity index (χ3n) is 5.72. The van der Waals surface area contributed by atoms with E-state index in [0.717, 1.165) is 23.2 Å². The molecule has 5 rings (SSSR count). The normalized spacial score (nSPS) is 17.1. The maximum Gasteiger partial charge on any atom is 0.407 e. The molecule has 2 amide bonds. The van der Waals surface area contributed by atoms with Gasteiger partial charge in [-0.05, 0) is 46.5 Å². The van der Waals surface area contributed by atoms with E-state index in [1.807, 2.05) is 32.3 Å². The maximum absolute atomic E-state index is 13.4. The van der Waals surface area contributed by atoms with E-state index in [9.17, 15) is 9.59 Å². The second kappa shape index (κ2) is 8.86. The Bertz CT molecular complexity index is 1200. The molecule has 0 spiro atoms. The van der Waals surface area contributed by atoms with Crippen LogP contribution in [0.5, 0.6) is 0 Å². The van der Waals surface area contributed by atoms with Crippen molar-refractivity contribution in [3.05, 3.63) is 29.5 Å². The third-order valence-corrected chi connectivity index (χ3v) is 6.61. The van der Waals surface area contributed by atoms with Crippen molar-refractivity contribution in [2.45, 2.75) is 64.1 Å². The first kappa shape index (κ1) is 22.6. The number of thiazole rings is 1. The molecule has 180 valence electrons. The summed E-state index contributed by atoms with van der Waals surface area (Å²) in [6, 6.07) is 1.72. The van der Waals surface area contributed by atoms with Gasteiger partial charge < -0.3 is 20.3 Å². The lowest BCUT2D eigenvalue weighted by Crippen LogP contribution is -2.47. The van der Waals surface area contributed by atoms with Crippen LogP contribution in [-0.4, -0.2) is 67.3 Å². The number of fused-ring (bicyclic) bond motifs is 1. The molecule has 0 aromatic carbocycles. The largest absolute Gasteiger partial charge is 0.446 e. The Labute approximate surface area is 201 Å². The highest BCUT2D eigenvalue weighted by molar-refractivity contribution is 7.16. The van der Waals surface area contributed by atoms with Crippen molar-refractivity contribution in [3.8, 4) is 11.4 Å². The van der Waals surface area contributed by atoms with Gasteiger partial charge in [0.1, 0.15) is 22.4 Å². The second-order valence-corrected chi connectivity index (χ2v) is 10.8. The number of ether oxygens (including phenoxy) is 1. The smallest absolute Gasteiger partial charge is 0.407 e. The van der Waals surface area contributed by atoms with Gasteiger partial charge in [-0.15, -0.1) is 11.3 Å². The summed E-state index contributed by atoms with van der Waals surface area (Å²) in [5.74, 6) is 0.916. The van der Waals surface area contributed by atoms with Crippen LogP contribution in [0.15, 0.2) is 23.8 Å². The van der Waals surface area contributed by atoms with Crippen molar-refractivity contribution in [1.29, 1.82) is 0 Å². The number of amides is 2. The number of hydrogen-bond acceptors (Lipinski definition) is 8. The molecule has 0 radical (unpaired) electrons. The lowest BCUT2D eigenvalue weighted by atomic mass is 10.0. The quantitative estimate of drug-likeness (QED) is 0.570. The molecule has 10 nitrogen and oxygen atoms in total. The Hall–Kier alpha value is -3.21. The van der Waals surface area contributed by atoms with Crippen molar-refractivity contribution < 1.29 is 14.3 Å². The molecule has 4 heterocycles. The van der Waals surface area contributed by atoms with Gasteiger partial charge in [0, 0.05) is 42.3 Å². The Balaban J connectivity index is 1.33. The van der Waals surface area contributed by atoms with E-state index >= 15 is 0 Å². The van der Waals surface area contributed by atoms with Gasteiger partial charge in [0.25, 0.3) is 5.91 Å². The highest BCUT2D eigenvalue weighted by Gasteiger charge is 2.30. The molecule has 3 aromatic heterocycles. The summed E-state index contributed by atoms with van der Waals surface area (Å²) in [4.78, 5) is 37.4. The number of likely N-dealkylation sites (tertiary alicyclic amines) is 1. The van der Waals surface area contributed by atoms with E-state index in [0.29, 0.717) is 43.3 Å². The molecule has 0 bridgehead atoms. The Kier molecular flexibility index (Phi) is 5.88. The zero-order chi connectivity index (χ0) is 23.9. The molecule has 0 unspecified atom stereocenters. The fourth-order valence-corrected chi connectivity index (χ4v) is 4.72.